The van der Waals surface area contributed by atoms with E-state index in [1.54, 1.807) is 25.1 Å². The van der Waals surface area contributed by atoms with Gasteiger partial charge in [0.1, 0.15) is 5.75 Å². The number of carbonyl (C=O) groups excluding carboxylic acids is 1. The zero-order valence-electron chi connectivity index (χ0n) is 7.70. The molecule has 1 aromatic carbocycles. The molecule has 0 spiro atoms. The molecule has 0 fully saturated rings. The molecule has 2 rings (SSSR count). The summed E-state index contributed by atoms with van der Waals surface area (Å²) in [6.45, 7) is 1.64. The van der Waals surface area contributed by atoms with Gasteiger partial charge in [0, 0.05) is 6.08 Å². The van der Waals surface area contributed by atoms with Crippen molar-refractivity contribution in [1.29, 1.82) is 5.41 Å². The summed E-state index contributed by atoms with van der Waals surface area (Å²) in [5, 5.41) is 6.85. The first-order chi connectivity index (χ1) is 6.67. The van der Waals surface area contributed by atoms with Crippen molar-refractivity contribution < 1.29 is 9.53 Å². The van der Waals surface area contributed by atoms with Gasteiger partial charge in [0.25, 0.3) is 0 Å². The molecule has 1 N–H and O–H groups in total. The fourth-order valence-corrected chi connectivity index (χ4v) is 1.52. The van der Waals surface area contributed by atoms with E-state index in [1.807, 2.05) is 6.07 Å². The van der Waals surface area contributed by atoms with Gasteiger partial charge in [0.05, 0.1) is 5.56 Å². The van der Waals surface area contributed by atoms with Crippen molar-refractivity contribution in [3.05, 3.63) is 35.9 Å². The summed E-state index contributed by atoms with van der Waals surface area (Å²) in [6.07, 6.45) is 1.33. The lowest BCUT2D eigenvalue weighted by molar-refractivity contribution is 0.0758. The molecule has 1 aromatic rings. The second kappa shape index (κ2) is 2.82. The van der Waals surface area contributed by atoms with Crippen LogP contribution in [0.25, 0.3) is 0 Å². The maximum Gasteiger partial charge on any atom is 0.214 e. The van der Waals surface area contributed by atoms with Crippen molar-refractivity contribution in [3.63, 3.8) is 0 Å². The molecule has 0 saturated carbocycles. The van der Waals surface area contributed by atoms with Crippen LogP contribution in [-0.4, -0.2) is 17.3 Å². The third-order valence-electron chi connectivity index (χ3n) is 2.25. The number of Topliss-reactive ketones (excluding diaryl/α,β-unsaturated/α-hetero) is 1. The SMILES string of the molecule is CC1(C=C=N)Oc2ccccc2C1=O. The molecule has 0 bridgehead atoms. The normalized spacial score (nSPS) is 23.6. The monoisotopic (exact) mass is 187 g/mol. The van der Waals surface area contributed by atoms with E-state index in [-0.39, 0.29) is 5.78 Å². The summed E-state index contributed by atoms with van der Waals surface area (Å²) in [5.41, 5.74) is -0.479. The van der Waals surface area contributed by atoms with Gasteiger partial charge in [-0.1, -0.05) is 12.1 Å². The van der Waals surface area contributed by atoms with E-state index in [9.17, 15) is 4.79 Å². The lowest BCUT2D eigenvalue weighted by Crippen LogP contribution is -2.33. The molecule has 3 heteroatoms. The molecule has 1 heterocycles. The van der Waals surface area contributed by atoms with Crippen LogP contribution in [0.2, 0.25) is 0 Å². The Morgan fingerprint density at radius 1 is 1.50 bits per heavy atom. The molecule has 0 radical (unpaired) electrons. The first kappa shape index (κ1) is 8.73. The van der Waals surface area contributed by atoms with Crippen LogP contribution in [0.3, 0.4) is 0 Å². The molecule has 3 nitrogen and oxygen atoms in total. The second-order valence-electron chi connectivity index (χ2n) is 3.32. The third-order valence-corrected chi connectivity index (χ3v) is 2.25. The van der Waals surface area contributed by atoms with Gasteiger partial charge in [-0.15, -0.1) is 0 Å². The van der Waals surface area contributed by atoms with Gasteiger partial charge >= 0.3 is 0 Å². The van der Waals surface area contributed by atoms with E-state index in [0.29, 0.717) is 11.3 Å². The Morgan fingerprint density at radius 3 is 2.86 bits per heavy atom. The Kier molecular flexibility index (Phi) is 1.76. The van der Waals surface area contributed by atoms with Crippen LogP contribution in [0.15, 0.2) is 30.3 Å². The van der Waals surface area contributed by atoms with Crippen molar-refractivity contribution in [2.24, 2.45) is 0 Å². The van der Waals surface area contributed by atoms with Gasteiger partial charge in [-0.05, 0) is 24.9 Å². The highest BCUT2D eigenvalue weighted by Gasteiger charge is 2.41. The molecular formula is C11H9NO2. The average Bonchev–Trinajstić information content (AvgIpc) is 2.41. The number of benzene rings is 1. The number of carbonyl (C=O) groups is 1. The molecule has 70 valence electrons. The second-order valence-corrected chi connectivity index (χ2v) is 3.32. The fourth-order valence-electron chi connectivity index (χ4n) is 1.52. The highest BCUT2D eigenvalue weighted by atomic mass is 16.5. The van der Waals surface area contributed by atoms with E-state index in [0.717, 1.165) is 0 Å². The number of hydrogen-bond donors (Lipinski definition) is 1. The van der Waals surface area contributed by atoms with Gasteiger partial charge in [-0.2, -0.15) is 0 Å². The minimum absolute atomic E-state index is 0.118. The zero-order valence-corrected chi connectivity index (χ0v) is 7.70. The van der Waals surface area contributed by atoms with Crippen molar-refractivity contribution in [3.8, 4) is 5.75 Å². The van der Waals surface area contributed by atoms with Gasteiger partial charge in [0.2, 0.25) is 5.78 Å². The van der Waals surface area contributed by atoms with E-state index in [2.05, 4.69) is 5.87 Å². The zero-order chi connectivity index (χ0) is 10.2. The van der Waals surface area contributed by atoms with Gasteiger partial charge in [-0.3, -0.25) is 10.2 Å². The number of hydrogen-bond acceptors (Lipinski definition) is 3. The quantitative estimate of drug-likeness (QED) is 0.682. The molecule has 1 unspecified atom stereocenters. The molecule has 1 atom stereocenters. The Labute approximate surface area is 81.5 Å². The van der Waals surface area contributed by atoms with Crippen LogP contribution < -0.4 is 4.74 Å². The minimum atomic E-state index is -1.05. The maximum atomic E-state index is 11.8. The first-order valence-electron chi connectivity index (χ1n) is 4.27. The number of ether oxygens (including phenoxy) is 1. The molecule has 1 aliphatic heterocycles. The van der Waals surface area contributed by atoms with Crippen LogP contribution in [0.1, 0.15) is 17.3 Å². The topological polar surface area (TPSA) is 50.1 Å². The number of nitrogens with one attached hydrogen (secondary N) is 1. The Bertz CT molecular complexity index is 446. The third kappa shape index (κ3) is 1.07. The Morgan fingerprint density at radius 2 is 2.21 bits per heavy atom. The van der Waals surface area contributed by atoms with Crippen LogP contribution in [0.5, 0.6) is 5.75 Å². The smallest absolute Gasteiger partial charge is 0.214 e. The fraction of sp³-hybridized carbons (Fsp3) is 0.182. The van der Waals surface area contributed by atoms with Gasteiger partial charge < -0.3 is 4.74 Å². The molecule has 0 amide bonds. The molecule has 1 aliphatic rings. The lowest BCUT2D eigenvalue weighted by Gasteiger charge is -2.15. The number of para-hydroxylation sites is 1. The van der Waals surface area contributed by atoms with E-state index < -0.39 is 5.60 Å². The number of fused-ring (bicyclic) bond motifs is 1. The highest BCUT2D eigenvalue weighted by molar-refractivity contribution is 6.09. The van der Waals surface area contributed by atoms with E-state index in [1.165, 1.54) is 6.08 Å². The summed E-state index contributed by atoms with van der Waals surface area (Å²) in [4.78, 5) is 11.8. The van der Waals surface area contributed by atoms with Gasteiger partial charge in [0.15, 0.2) is 5.60 Å². The average molecular weight is 187 g/mol. The van der Waals surface area contributed by atoms with Crippen LogP contribution in [0, 0.1) is 5.41 Å². The maximum absolute atomic E-state index is 11.8. The van der Waals surface area contributed by atoms with E-state index >= 15 is 0 Å². The molecule has 0 saturated heterocycles. The molecule has 14 heavy (non-hydrogen) atoms. The highest BCUT2D eigenvalue weighted by Crippen LogP contribution is 2.34. The summed E-state index contributed by atoms with van der Waals surface area (Å²) in [6, 6.07) is 7.07. The summed E-state index contributed by atoms with van der Waals surface area (Å²) < 4.78 is 5.46. The standard InChI is InChI=1S/C11H9NO2/c1-11(6-7-12)10(13)8-4-2-3-5-9(8)14-11/h2-6,12H,1H3. The number of rotatable bonds is 1. The lowest BCUT2D eigenvalue weighted by atomic mass is 9.98. The Hall–Kier alpha value is -1.86. The summed E-state index contributed by atoms with van der Waals surface area (Å²) in [7, 11) is 0. The number of ketones is 1. The van der Waals surface area contributed by atoms with Crippen molar-refractivity contribution in [1.82, 2.24) is 0 Å². The van der Waals surface area contributed by atoms with Crippen LogP contribution in [-0.2, 0) is 0 Å². The van der Waals surface area contributed by atoms with E-state index in [4.69, 9.17) is 10.1 Å². The minimum Gasteiger partial charge on any atom is -0.474 e. The van der Waals surface area contributed by atoms with Crippen LogP contribution in [0.4, 0.5) is 0 Å². The molecular weight excluding hydrogens is 178 g/mol. The predicted molar refractivity (Wildman–Crippen MR) is 52.1 cm³/mol. The van der Waals surface area contributed by atoms with Gasteiger partial charge in [-0.25, -0.2) is 0 Å². The first-order valence-corrected chi connectivity index (χ1v) is 4.27. The molecule has 0 aliphatic carbocycles. The summed E-state index contributed by atoms with van der Waals surface area (Å²) in [5.74, 6) is 2.55. The molecule has 0 aromatic heterocycles. The Balaban J connectivity index is 2.53. The summed E-state index contributed by atoms with van der Waals surface area (Å²) >= 11 is 0. The van der Waals surface area contributed by atoms with Crippen molar-refractivity contribution in [2.75, 3.05) is 0 Å². The van der Waals surface area contributed by atoms with Crippen molar-refractivity contribution in [2.45, 2.75) is 12.5 Å². The van der Waals surface area contributed by atoms with Crippen molar-refractivity contribution >= 4 is 11.7 Å². The predicted octanol–water partition coefficient (Wildman–Crippen LogP) is 1.83. The van der Waals surface area contributed by atoms with Crippen LogP contribution >= 0.6 is 0 Å². The largest absolute Gasteiger partial charge is 0.474 e.